The highest BCUT2D eigenvalue weighted by Crippen LogP contribution is 2.46. The van der Waals surface area contributed by atoms with Gasteiger partial charge in [0.15, 0.2) is 0 Å². The lowest BCUT2D eigenvalue weighted by Gasteiger charge is -2.43. The van der Waals surface area contributed by atoms with Crippen LogP contribution in [0.2, 0.25) is 5.02 Å². The van der Waals surface area contributed by atoms with E-state index in [-0.39, 0.29) is 11.8 Å². The highest BCUT2D eigenvalue weighted by Gasteiger charge is 2.40. The quantitative estimate of drug-likeness (QED) is 0.762. The first-order chi connectivity index (χ1) is 12.2. The molecule has 2 heterocycles. The number of aliphatic hydroxyl groups excluding tert-OH is 2. The smallest absolute Gasteiger partial charge is 0.251 e. The van der Waals surface area contributed by atoms with E-state index in [2.05, 4.69) is 24.0 Å². The van der Waals surface area contributed by atoms with Gasteiger partial charge >= 0.3 is 0 Å². The molecular formula is C19H26ClN3O3. The van der Waals surface area contributed by atoms with E-state index in [9.17, 15) is 15.0 Å². The van der Waals surface area contributed by atoms with E-state index < -0.39 is 17.6 Å². The van der Waals surface area contributed by atoms with E-state index >= 15 is 0 Å². The fraction of sp³-hybridized carbons (Fsp3) is 0.579. The number of nitrogens with one attached hydrogen (secondary N) is 1. The van der Waals surface area contributed by atoms with Crippen molar-refractivity contribution in [1.82, 2.24) is 15.1 Å². The molecule has 1 fully saturated rings. The Hall–Kier alpha value is -1.63. The Kier molecular flexibility index (Phi) is 5.28. The normalized spacial score (nSPS) is 18.9. The lowest BCUT2D eigenvalue weighted by molar-refractivity contribution is -0.141. The predicted octanol–water partition coefficient (Wildman–Crippen LogP) is 2.90. The summed E-state index contributed by atoms with van der Waals surface area (Å²) in [5, 5.41) is 29.1. The third kappa shape index (κ3) is 3.46. The Labute approximate surface area is 158 Å². The van der Waals surface area contributed by atoms with Crippen molar-refractivity contribution in [2.75, 3.05) is 13.1 Å². The number of likely N-dealkylation sites (tertiary alicyclic amines) is 1. The van der Waals surface area contributed by atoms with E-state index in [1.807, 2.05) is 6.07 Å². The maximum absolute atomic E-state index is 12.0. The van der Waals surface area contributed by atoms with Crippen molar-refractivity contribution in [3.8, 4) is 0 Å². The molecule has 2 aromatic rings. The Morgan fingerprint density at radius 1 is 1.35 bits per heavy atom. The molecule has 0 unspecified atom stereocenters. The van der Waals surface area contributed by atoms with Crippen molar-refractivity contribution >= 4 is 28.4 Å². The second-order valence-electron chi connectivity index (χ2n) is 7.83. The molecule has 0 saturated carbocycles. The van der Waals surface area contributed by atoms with Crippen LogP contribution in [0, 0.1) is 11.3 Å². The van der Waals surface area contributed by atoms with Gasteiger partial charge in [0.05, 0.1) is 17.8 Å². The van der Waals surface area contributed by atoms with Crippen LogP contribution >= 0.6 is 11.6 Å². The van der Waals surface area contributed by atoms with E-state index in [0.29, 0.717) is 18.1 Å². The van der Waals surface area contributed by atoms with Crippen molar-refractivity contribution in [1.29, 1.82) is 0 Å². The van der Waals surface area contributed by atoms with Crippen LogP contribution in [0.5, 0.6) is 0 Å². The number of aromatic amines is 1. The van der Waals surface area contributed by atoms with Crippen molar-refractivity contribution in [3.63, 3.8) is 0 Å². The van der Waals surface area contributed by atoms with Crippen molar-refractivity contribution in [2.24, 2.45) is 11.3 Å². The van der Waals surface area contributed by atoms with Gasteiger partial charge < -0.3 is 15.1 Å². The number of rotatable bonds is 4. The van der Waals surface area contributed by atoms with Gasteiger partial charge in [0.2, 0.25) is 0 Å². The zero-order chi connectivity index (χ0) is 19.1. The fourth-order valence-electron chi connectivity index (χ4n) is 3.99. The van der Waals surface area contributed by atoms with Gasteiger partial charge in [-0.2, -0.15) is 5.10 Å². The van der Waals surface area contributed by atoms with Crippen LogP contribution in [0.3, 0.4) is 0 Å². The van der Waals surface area contributed by atoms with Crippen LogP contribution in [-0.4, -0.2) is 50.4 Å². The summed E-state index contributed by atoms with van der Waals surface area (Å²) < 4.78 is 0. The number of halogens is 1. The number of piperidine rings is 1. The number of nitrogens with zero attached hydrogens (tertiary/aromatic N) is 2. The van der Waals surface area contributed by atoms with Gasteiger partial charge in [0.1, 0.15) is 6.10 Å². The summed E-state index contributed by atoms with van der Waals surface area (Å²) >= 11 is 6.22. The zero-order valence-corrected chi connectivity index (χ0v) is 16.1. The molecule has 0 spiro atoms. The number of H-pyrrole nitrogens is 1. The second kappa shape index (κ2) is 7.18. The minimum absolute atomic E-state index is 0.226. The van der Waals surface area contributed by atoms with Gasteiger partial charge in [-0.05, 0) is 43.2 Å². The Balaban J connectivity index is 1.79. The molecule has 1 amide bonds. The van der Waals surface area contributed by atoms with Crippen LogP contribution in [-0.2, 0) is 4.79 Å². The number of benzene rings is 1. The van der Waals surface area contributed by atoms with Gasteiger partial charge in [0, 0.05) is 29.1 Å². The SMILES string of the molecule is C[C@H](O)C(=O)N1CCC(C(C)(C)[C@H](O)c2cc(Cl)cc3cn[nH]c23)CC1. The van der Waals surface area contributed by atoms with Crippen LogP contribution in [0.4, 0.5) is 0 Å². The maximum atomic E-state index is 12.0. The molecule has 6 nitrogen and oxygen atoms in total. The van der Waals surface area contributed by atoms with E-state index in [1.165, 1.54) is 6.92 Å². The monoisotopic (exact) mass is 379 g/mol. The summed E-state index contributed by atoms with van der Waals surface area (Å²) in [6, 6.07) is 3.62. The molecule has 142 valence electrons. The Morgan fingerprint density at radius 2 is 2.00 bits per heavy atom. The molecule has 1 aliphatic heterocycles. The maximum Gasteiger partial charge on any atom is 0.251 e. The van der Waals surface area contributed by atoms with Crippen molar-refractivity contribution in [3.05, 3.63) is 28.9 Å². The average molecular weight is 380 g/mol. The molecule has 1 aromatic heterocycles. The van der Waals surface area contributed by atoms with Crippen LogP contribution in [0.15, 0.2) is 18.3 Å². The third-order valence-corrected chi connectivity index (χ3v) is 5.98. The number of carbonyl (C=O) groups excluding carboxylic acids is 1. The van der Waals surface area contributed by atoms with Gasteiger partial charge in [-0.15, -0.1) is 0 Å². The Morgan fingerprint density at radius 3 is 2.62 bits per heavy atom. The summed E-state index contributed by atoms with van der Waals surface area (Å²) in [5.41, 5.74) is 1.15. The first kappa shape index (κ1) is 19.1. The molecule has 3 N–H and O–H groups in total. The molecule has 0 bridgehead atoms. The minimum Gasteiger partial charge on any atom is -0.388 e. The van der Waals surface area contributed by atoms with Crippen molar-refractivity contribution < 1.29 is 15.0 Å². The lowest BCUT2D eigenvalue weighted by Crippen LogP contribution is -2.46. The van der Waals surface area contributed by atoms with Gasteiger partial charge in [0.25, 0.3) is 5.91 Å². The van der Waals surface area contributed by atoms with Gasteiger partial charge in [-0.3, -0.25) is 9.89 Å². The first-order valence-corrected chi connectivity index (χ1v) is 9.37. The number of hydrogen-bond donors (Lipinski definition) is 3. The minimum atomic E-state index is -0.967. The summed E-state index contributed by atoms with van der Waals surface area (Å²) in [5.74, 6) is 0.0170. The third-order valence-electron chi connectivity index (χ3n) is 5.76. The zero-order valence-electron chi connectivity index (χ0n) is 15.4. The summed E-state index contributed by atoms with van der Waals surface area (Å²) in [6.07, 6.45) is 1.59. The van der Waals surface area contributed by atoms with Crippen LogP contribution < -0.4 is 0 Å². The van der Waals surface area contributed by atoms with E-state index in [4.69, 9.17) is 11.6 Å². The number of fused-ring (bicyclic) bond motifs is 1. The number of amides is 1. The second-order valence-corrected chi connectivity index (χ2v) is 8.27. The summed E-state index contributed by atoms with van der Waals surface area (Å²) in [7, 11) is 0. The molecule has 1 aliphatic rings. The van der Waals surface area contributed by atoms with Crippen molar-refractivity contribution in [2.45, 2.75) is 45.8 Å². The topological polar surface area (TPSA) is 89.4 Å². The van der Waals surface area contributed by atoms with Crippen LogP contribution in [0.1, 0.15) is 45.3 Å². The number of hydrogen-bond acceptors (Lipinski definition) is 4. The summed E-state index contributed by atoms with van der Waals surface area (Å²) in [4.78, 5) is 13.7. The summed E-state index contributed by atoms with van der Waals surface area (Å²) in [6.45, 7) is 6.80. The van der Waals surface area contributed by atoms with E-state index in [0.717, 1.165) is 29.3 Å². The van der Waals surface area contributed by atoms with E-state index in [1.54, 1.807) is 17.2 Å². The first-order valence-electron chi connectivity index (χ1n) is 8.99. The van der Waals surface area contributed by atoms with Gasteiger partial charge in [-0.1, -0.05) is 25.4 Å². The highest BCUT2D eigenvalue weighted by atomic mass is 35.5. The van der Waals surface area contributed by atoms with Gasteiger partial charge in [-0.25, -0.2) is 0 Å². The molecule has 0 radical (unpaired) electrons. The highest BCUT2D eigenvalue weighted by molar-refractivity contribution is 6.31. The number of aliphatic hydroxyl groups is 2. The predicted molar refractivity (Wildman–Crippen MR) is 101 cm³/mol. The number of aromatic nitrogens is 2. The molecule has 7 heteroatoms. The molecular weight excluding hydrogens is 354 g/mol. The van der Waals surface area contributed by atoms with Crippen LogP contribution in [0.25, 0.3) is 10.9 Å². The number of carbonyl (C=O) groups is 1. The largest absolute Gasteiger partial charge is 0.388 e. The molecule has 0 aliphatic carbocycles. The Bertz CT molecular complexity index is 794. The fourth-order valence-corrected chi connectivity index (χ4v) is 4.23. The lowest BCUT2D eigenvalue weighted by atomic mass is 9.68. The molecule has 26 heavy (non-hydrogen) atoms. The average Bonchev–Trinajstić information content (AvgIpc) is 3.07. The molecule has 1 aromatic carbocycles. The molecule has 2 atom stereocenters. The molecule has 3 rings (SSSR count). The molecule has 1 saturated heterocycles. The standard InChI is InChI=1S/C19H26ClN3O3/c1-11(24)18(26)23-6-4-13(5-7-23)19(2,3)17(25)15-9-14(20)8-12-10-21-22-16(12)15/h8-11,13,17,24-25H,4-7H2,1-3H3,(H,21,22)/t11-,17+/m0/s1.